The average molecular weight is 247 g/mol. The Balaban J connectivity index is 3.01. The Hall–Kier alpha value is -0.700. The number of methoxy groups -OCH3 is 1. The number of benzene rings is 1. The van der Waals surface area contributed by atoms with E-state index in [1.807, 2.05) is 31.2 Å². The smallest absolute Gasteiger partial charge is 0.188 e. The van der Waals surface area contributed by atoms with Crippen molar-refractivity contribution < 1.29 is 9.47 Å². The normalized spacial score (nSPS) is 9.87. The summed E-state index contributed by atoms with van der Waals surface area (Å²) in [5, 5.41) is 0. The van der Waals surface area contributed by atoms with Crippen molar-refractivity contribution in [3.8, 4) is 5.75 Å². The number of hydrogen-bond donors (Lipinski definition) is 0. The van der Waals surface area contributed by atoms with Crippen molar-refractivity contribution in [3.63, 3.8) is 0 Å². The maximum Gasteiger partial charge on any atom is 0.188 e. The van der Waals surface area contributed by atoms with Gasteiger partial charge in [0, 0.05) is 12.7 Å². The molecule has 0 fully saturated rings. The van der Waals surface area contributed by atoms with Gasteiger partial charge in [0.2, 0.25) is 0 Å². The van der Waals surface area contributed by atoms with Gasteiger partial charge in [-0.1, -0.05) is 41.4 Å². The molecule has 4 heteroatoms. The van der Waals surface area contributed by atoms with Crippen molar-refractivity contribution in [1.29, 1.82) is 0 Å². The first-order valence-corrected chi connectivity index (χ1v) is 5.15. The summed E-state index contributed by atoms with van der Waals surface area (Å²) in [6.07, 6.45) is 0. The van der Waals surface area contributed by atoms with Crippen LogP contribution in [-0.2, 0) is 4.74 Å². The van der Waals surface area contributed by atoms with Gasteiger partial charge in [0.15, 0.2) is 6.79 Å². The number of para-hydroxylation sites is 1. The largest absolute Gasteiger partial charge is 0.467 e. The highest BCUT2D eigenvalue weighted by molar-refractivity contribution is 6.58. The van der Waals surface area contributed by atoms with Gasteiger partial charge in [-0.2, -0.15) is 0 Å². The summed E-state index contributed by atoms with van der Waals surface area (Å²) in [5.41, 5.74) is 1.65. The van der Waals surface area contributed by atoms with Crippen LogP contribution in [0.1, 0.15) is 12.5 Å². The minimum atomic E-state index is 0.199. The highest BCUT2D eigenvalue weighted by Gasteiger charge is 2.07. The monoisotopic (exact) mass is 246 g/mol. The fourth-order valence-electron chi connectivity index (χ4n) is 1.13. The molecule has 0 unspecified atom stereocenters. The van der Waals surface area contributed by atoms with Crippen LogP contribution in [0.25, 0.3) is 5.57 Å². The molecule has 0 heterocycles. The Morgan fingerprint density at radius 1 is 1.27 bits per heavy atom. The van der Waals surface area contributed by atoms with Crippen molar-refractivity contribution in [3.05, 3.63) is 34.3 Å². The molecule has 15 heavy (non-hydrogen) atoms. The fourth-order valence-corrected chi connectivity index (χ4v) is 1.33. The van der Waals surface area contributed by atoms with Crippen LogP contribution in [0.15, 0.2) is 28.8 Å². The zero-order valence-corrected chi connectivity index (χ0v) is 10.1. The van der Waals surface area contributed by atoms with Crippen LogP contribution in [0, 0.1) is 0 Å². The van der Waals surface area contributed by atoms with E-state index in [-0.39, 0.29) is 11.3 Å². The average Bonchev–Trinajstić information content (AvgIpc) is 2.25. The van der Waals surface area contributed by atoms with Gasteiger partial charge in [0.1, 0.15) is 10.2 Å². The second-order valence-electron chi connectivity index (χ2n) is 2.93. The Labute approximate surface area is 99.4 Å². The van der Waals surface area contributed by atoms with E-state index < -0.39 is 0 Å². The maximum atomic E-state index is 5.73. The molecule has 1 aromatic rings. The Kier molecular flexibility index (Phi) is 4.95. The topological polar surface area (TPSA) is 18.5 Å². The molecule has 0 aliphatic heterocycles. The first-order valence-electron chi connectivity index (χ1n) is 4.40. The molecule has 0 saturated heterocycles. The molecule has 0 amide bonds. The lowest BCUT2D eigenvalue weighted by Crippen LogP contribution is -2.00. The van der Waals surface area contributed by atoms with Crippen LogP contribution in [0.2, 0.25) is 0 Å². The van der Waals surface area contributed by atoms with Crippen molar-refractivity contribution >= 4 is 28.8 Å². The number of rotatable bonds is 4. The molecule has 0 N–H and O–H groups in total. The van der Waals surface area contributed by atoms with E-state index in [0.717, 1.165) is 11.1 Å². The van der Waals surface area contributed by atoms with Crippen molar-refractivity contribution in [2.75, 3.05) is 13.9 Å². The van der Waals surface area contributed by atoms with Crippen LogP contribution in [0.3, 0.4) is 0 Å². The highest BCUT2D eigenvalue weighted by Crippen LogP contribution is 2.30. The molecule has 0 bridgehead atoms. The van der Waals surface area contributed by atoms with Crippen LogP contribution in [0.5, 0.6) is 5.75 Å². The third-order valence-corrected chi connectivity index (χ3v) is 2.47. The van der Waals surface area contributed by atoms with Crippen molar-refractivity contribution in [1.82, 2.24) is 0 Å². The van der Waals surface area contributed by atoms with Crippen LogP contribution < -0.4 is 4.74 Å². The molecule has 0 aliphatic rings. The Bertz CT molecular complexity index is 357. The molecule has 0 spiro atoms. The van der Waals surface area contributed by atoms with E-state index in [1.54, 1.807) is 7.11 Å². The van der Waals surface area contributed by atoms with E-state index in [0.29, 0.717) is 5.75 Å². The summed E-state index contributed by atoms with van der Waals surface area (Å²) in [6, 6.07) is 7.51. The van der Waals surface area contributed by atoms with Gasteiger partial charge in [-0.25, -0.2) is 0 Å². The molecule has 1 rings (SSSR count). The quantitative estimate of drug-likeness (QED) is 0.752. The molecule has 82 valence electrons. The molecule has 1 aromatic carbocycles. The molecule has 0 aliphatic carbocycles. The van der Waals surface area contributed by atoms with Gasteiger partial charge >= 0.3 is 0 Å². The van der Waals surface area contributed by atoms with Crippen LogP contribution in [0.4, 0.5) is 0 Å². The lowest BCUT2D eigenvalue weighted by molar-refractivity contribution is 0.0509. The lowest BCUT2D eigenvalue weighted by Gasteiger charge is -2.10. The van der Waals surface area contributed by atoms with Gasteiger partial charge < -0.3 is 9.47 Å². The molecule has 0 saturated carbocycles. The second kappa shape index (κ2) is 6.01. The molecule has 0 radical (unpaired) electrons. The molecule has 0 aromatic heterocycles. The van der Waals surface area contributed by atoms with Gasteiger partial charge in [0.05, 0.1) is 0 Å². The van der Waals surface area contributed by atoms with Crippen LogP contribution in [-0.4, -0.2) is 13.9 Å². The number of allylic oxidation sites excluding steroid dienone is 1. The molecular formula is C11H12Cl2O2. The molecular weight excluding hydrogens is 235 g/mol. The number of ether oxygens (including phenoxy) is 2. The van der Waals surface area contributed by atoms with E-state index in [1.165, 1.54) is 0 Å². The van der Waals surface area contributed by atoms with Crippen LogP contribution >= 0.6 is 23.2 Å². The van der Waals surface area contributed by atoms with E-state index in [2.05, 4.69) is 0 Å². The van der Waals surface area contributed by atoms with Gasteiger partial charge in [0.25, 0.3) is 0 Å². The zero-order chi connectivity index (χ0) is 11.3. The first kappa shape index (κ1) is 12.4. The summed E-state index contributed by atoms with van der Waals surface area (Å²) >= 11 is 11.5. The predicted octanol–water partition coefficient (Wildman–Crippen LogP) is 3.84. The lowest BCUT2D eigenvalue weighted by atomic mass is 10.1. The Morgan fingerprint density at radius 2 is 1.93 bits per heavy atom. The summed E-state index contributed by atoms with van der Waals surface area (Å²) in [6.45, 7) is 2.04. The fraction of sp³-hybridized carbons (Fsp3) is 0.273. The molecule has 0 atom stereocenters. The van der Waals surface area contributed by atoms with E-state index in [9.17, 15) is 0 Å². The van der Waals surface area contributed by atoms with Crippen molar-refractivity contribution in [2.24, 2.45) is 0 Å². The maximum absolute atomic E-state index is 5.73. The summed E-state index contributed by atoms with van der Waals surface area (Å²) in [4.78, 5) is 0. The van der Waals surface area contributed by atoms with E-state index in [4.69, 9.17) is 32.7 Å². The molecule has 2 nitrogen and oxygen atoms in total. The van der Waals surface area contributed by atoms with Gasteiger partial charge in [-0.3, -0.25) is 0 Å². The summed E-state index contributed by atoms with van der Waals surface area (Å²) < 4.78 is 10.5. The zero-order valence-electron chi connectivity index (χ0n) is 8.59. The first-order chi connectivity index (χ1) is 7.16. The van der Waals surface area contributed by atoms with E-state index >= 15 is 0 Å². The SMILES string of the molecule is COCOc1ccccc1C(C)=C(Cl)Cl. The van der Waals surface area contributed by atoms with Gasteiger partial charge in [-0.05, 0) is 18.6 Å². The second-order valence-corrected chi connectivity index (χ2v) is 3.88. The summed E-state index contributed by atoms with van der Waals surface area (Å²) in [5.74, 6) is 0.704. The standard InChI is InChI=1S/C11H12Cl2O2/c1-8(11(12)13)9-5-3-4-6-10(9)15-7-14-2/h3-6H,7H2,1-2H3. The number of halogens is 2. The van der Waals surface area contributed by atoms with Gasteiger partial charge in [-0.15, -0.1) is 0 Å². The van der Waals surface area contributed by atoms with Crippen molar-refractivity contribution in [2.45, 2.75) is 6.92 Å². The number of hydrogen-bond acceptors (Lipinski definition) is 2. The Morgan fingerprint density at radius 3 is 2.53 bits per heavy atom. The highest BCUT2D eigenvalue weighted by atomic mass is 35.5. The minimum absolute atomic E-state index is 0.199. The third-order valence-electron chi connectivity index (χ3n) is 1.91. The predicted molar refractivity (Wildman–Crippen MR) is 63.2 cm³/mol. The third kappa shape index (κ3) is 3.42. The summed E-state index contributed by atoms with van der Waals surface area (Å²) in [7, 11) is 1.57. The minimum Gasteiger partial charge on any atom is -0.467 e.